The molecule has 2 heterocycles. The summed E-state index contributed by atoms with van der Waals surface area (Å²) in [7, 11) is 1.41. The SMILES string of the molecule is COC(=O)CC1COC(=C(C)COCc2ccc(C)nc2C)C1=C(C)C. The maximum absolute atomic E-state index is 11.7. The first-order valence-electron chi connectivity index (χ1n) is 8.91. The zero-order valence-corrected chi connectivity index (χ0v) is 16.6. The zero-order valence-electron chi connectivity index (χ0n) is 16.6. The highest BCUT2D eigenvalue weighted by molar-refractivity contribution is 5.70. The van der Waals surface area contributed by atoms with Crippen LogP contribution in [-0.4, -0.2) is 31.3 Å². The molecule has 0 saturated carbocycles. The number of methoxy groups -OCH3 is 1. The molecule has 0 spiro atoms. The number of aromatic nitrogens is 1. The molecule has 1 saturated heterocycles. The second-order valence-electron chi connectivity index (χ2n) is 7.00. The Hall–Kier alpha value is -2.14. The quantitative estimate of drug-likeness (QED) is 0.718. The molecule has 0 aromatic carbocycles. The molecule has 5 nitrogen and oxygen atoms in total. The fourth-order valence-corrected chi connectivity index (χ4v) is 3.21. The van der Waals surface area contributed by atoms with Crippen molar-refractivity contribution in [3.8, 4) is 0 Å². The molecule has 1 aliphatic rings. The van der Waals surface area contributed by atoms with E-state index in [1.165, 1.54) is 7.11 Å². The molecule has 1 fully saturated rings. The van der Waals surface area contributed by atoms with Gasteiger partial charge in [0, 0.05) is 17.3 Å². The van der Waals surface area contributed by atoms with Crippen LogP contribution in [0.15, 0.2) is 34.6 Å². The van der Waals surface area contributed by atoms with E-state index in [1.54, 1.807) is 0 Å². The van der Waals surface area contributed by atoms with Gasteiger partial charge in [-0.15, -0.1) is 0 Å². The normalized spacial score (nSPS) is 18.5. The molecular weight excluding hydrogens is 330 g/mol. The molecule has 0 N–H and O–H groups in total. The standard InChI is InChI=1S/C21H29NO4/c1-13(2)20-18(9-19(23)24-6)12-26-21(20)14(3)10-25-11-17-8-7-15(4)22-16(17)5/h7-8,18H,9-12H2,1-6H3. The van der Waals surface area contributed by atoms with Crippen LogP contribution in [0.4, 0.5) is 0 Å². The van der Waals surface area contributed by atoms with Crippen molar-refractivity contribution in [3.05, 3.63) is 51.6 Å². The molecule has 0 amide bonds. The number of nitrogens with zero attached hydrogens (tertiary/aromatic N) is 1. The van der Waals surface area contributed by atoms with Crippen LogP contribution in [-0.2, 0) is 25.6 Å². The molecule has 5 heteroatoms. The lowest BCUT2D eigenvalue weighted by molar-refractivity contribution is -0.141. The summed E-state index contributed by atoms with van der Waals surface area (Å²) in [4.78, 5) is 16.1. The Kier molecular flexibility index (Phi) is 6.98. The lowest BCUT2D eigenvalue weighted by Gasteiger charge is -2.13. The monoisotopic (exact) mass is 359 g/mol. The van der Waals surface area contributed by atoms with Crippen molar-refractivity contribution in [1.82, 2.24) is 4.98 Å². The molecule has 0 bridgehead atoms. The van der Waals surface area contributed by atoms with Gasteiger partial charge in [-0.1, -0.05) is 11.6 Å². The molecule has 0 radical (unpaired) electrons. The second kappa shape index (κ2) is 8.99. The average molecular weight is 359 g/mol. The molecule has 1 aliphatic heterocycles. The minimum atomic E-state index is -0.213. The molecule has 2 rings (SSSR count). The van der Waals surface area contributed by atoms with E-state index in [2.05, 4.69) is 11.1 Å². The third-order valence-electron chi connectivity index (χ3n) is 4.56. The van der Waals surface area contributed by atoms with Gasteiger partial charge in [-0.3, -0.25) is 9.78 Å². The Bertz CT molecular complexity index is 730. The molecule has 1 unspecified atom stereocenters. The minimum Gasteiger partial charge on any atom is -0.493 e. The van der Waals surface area contributed by atoms with E-state index in [0.717, 1.165) is 39.4 Å². The van der Waals surface area contributed by atoms with Gasteiger partial charge < -0.3 is 14.2 Å². The molecule has 26 heavy (non-hydrogen) atoms. The van der Waals surface area contributed by atoms with Crippen LogP contribution in [0.25, 0.3) is 0 Å². The molecule has 142 valence electrons. The number of ether oxygens (including phenoxy) is 3. The van der Waals surface area contributed by atoms with Gasteiger partial charge in [-0.25, -0.2) is 0 Å². The summed E-state index contributed by atoms with van der Waals surface area (Å²) < 4.78 is 16.6. The van der Waals surface area contributed by atoms with Gasteiger partial charge in [-0.05, 0) is 57.4 Å². The van der Waals surface area contributed by atoms with Gasteiger partial charge in [0.05, 0.1) is 33.4 Å². The number of hydrogen-bond acceptors (Lipinski definition) is 5. The first kappa shape index (κ1) is 20.2. The van der Waals surface area contributed by atoms with Crippen LogP contribution in [0, 0.1) is 19.8 Å². The van der Waals surface area contributed by atoms with Gasteiger partial charge in [0.25, 0.3) is 0 Å². The van der Waals surface area contributed by atoms with E-state index in [4.69, 9.17) is 14.2 Å². The van der Waals surface area contributed by atoms with Gasteiger partial charge in [-0.2, -0.15) is 0 Å². The fourth-order valence-electron chi connectivity index (χ4n) is 3.21. The Balaban J connectivity index is 2.05. The average Bonchev–Trinajstić information content (AvgIpc) is 3.00. The Morgan fingerprint density at radius 1 is 1.27 bits per heavy atom. The highest BCUT2D eigenvalue weighted by Gasteiger charge is 2.31. The molecule has 1 atom stereocenters. The van der Waals surface area contributed by atoms with Crippen LogP contribution in [0.1, 0.15) is 44.1 Å². The van der Waals surface area contributed by atoms with E-state index in [9.17, 15) is 4.79 Å². The summed E-state index contributed by atoms with van der Waals surface area (Å²) in [6, 6.07) is 4.05. The predicted octanol–water partition coefficient (Wildman–Crippen LogP) is 4.03. The van der Waals surface area contributed by atoms with Gasteiger partial charge in [0.15, 0.2) is 0 Å². The molecule has 0 aliphatic carbocycles. The van der Waals surface area contributed by atoms with E-state index in [1.807, 2.05) is 40.7 Å². The molecular formula is C21H29NO4. The van der Waals surface area contributed by atoms with E-state index in [0.29, 0.717) is 26.2 Å². The largest absolute Gasteiger partial charge is 0.493 e. The van der Waals surface area contributed by atoms with Crippen LogP contribution in [0.3, 0.4) is 0 Å². The summed E-state index contributed by atoms with van der Waals surface area (Å²) in [6.07, 6.45) is 0.336. The van der Waals surface area contributed by atoms with Crippen molar-refractivity contribution >= 4 is 5.97 Å². The van der Waals surface area contributed by atoms with Crippen molar-refractivity contribution in [1.29, 1.82) is 0 Å². The Morgan fingerprint density at radius 3 is 2.62 bits per heavy atom. The number of hydrogen-bond donors (Lipinski definition) is 0. The van der Waals surface area contributed by atoms with Crippen LogP contribution >= 0.6 is 0 Å². The third kappa shape index (κ3) is 4.94. The molecule has 1 aromatic heterocycles. The predicted molar refractivity (Wildman–Crippen MR) is 101 cm³/mol. The second-order valence-corrected chi connectivity index (χ2v) is 7.00. The fraction of sp³-hybridized carbons (Fsp3) is 0.524. The number of rotatable bonds is 6. The van der Waals surface area contributed by atoms with E-state index >= 15 is 0 Å². The minimum absolute atomic E-state index is 0.0425. The number of carbonyl (C=O) groups is 1. The van der Waals surface area contributed by atoms with Crippen molar-refractivity contribution in [2.45, 2.75) is 47.6 Å². The van der Waals surface area contributed by atoms with Crippen molar-refractivity contribution < 1.29 is 19.0 Å². The van der Waals surface area contributed by atoms with Crippen LogP contribution in [0.5, 0.6) is 0 Å². The number of allylic oxidation sites excluding steroid dienone is 2. The van der Waals surface area contributed by atoms with E-state index in [-0.39, 0.29) is 11.9 Å². The van der Waals surface area contributed by atoms with Gasteiger partial charge in [0.2, 0.25) is 0 Å². The van der Waals surface area contributed by atoms with Crippen molar-refractivity contribution in [2.75, 3.05) is 20.3 Å². The highest BCUT2D eigenvalue weighted by Crippen LogP contribution is 2.36. The van der Waals surface area contributed by atoms with Gasteiger partial charge in [0.1, 0.15) is 5.76 Å². The summed E-state index contributed by atoms with van der Waals surface area (Å²) in [5, 5.41) is 0. The third-order valence-corrected chi connectivity index (χ3v) is 4.56. The van der Waals surface area contributed by atoms with Crippen LogP contribution in [0.2, 0.25) is 0 Å². The number of aryl methyl sites for hydroxylation is 2. The Labute approximate surface area is 156 Å². The van der Waals surface area contributed by atoms with E-state index < -0.39 is 0 Å². The summed E-state index contributed by atoms with van der Waals surface area (Å²) >= 11 is 0. The van der Waals surface area contributed by atoms with Gasteiger partial charge >= 0.3 is 5.97 Å². The van der Waals surface area contributed by atoms with Crippen molar-refractivity contribution in [3.63, 3.8) is 0 Å². The lowest BCUT2D eigenvalue weighted by Crippen LogP contribution is -2.12. The Morgan fingerprint density at radius 2 is 2.00 bits per heavy atom. The maximum Gasteiger partial charge on any atom is 0.306 e. The number of carbonyl (C=O) groups excluding carboxylic acids is 1. The summed E-state index contributed by atoms with van der Waals surface area (Å²) in [6.45, 7) is 11.6. The lowest BCUT2D eigenvalue weighted by atomic mass is 9.92. The first-order valence-corrected chi connectivity index (χ1v) is 8.91. The topological polar surface area (TPSA) is 57.7 Å². The first-order chi connectivity index (χ1) is 12.3. The number of pyridine rings is 1. The maximum atomic E-state index is 11.7. The molecule has 1 aromatic rings. The summed E-state index contributed by atoms with van der Waals surface area (Å²) in [5.41, 5.74) is 6.39. The zero-order chi connectivity index (χ0) is 19.3. The highest BCUT2D eigenvalue weighted by atomic mass is 16.5. The summed E-state index contributed by atoms with van der Waals surface area (Å²) in [5.74, 6) is 0.688. The number of esters is 1. The van der Waals surface area contributed by atoms with Crippen LogP contribution < -0.4 is 0 Å². The smallest absolute Gasteiger partial charge is 0.306 e. The van der Waals surface area contributed by atoms with Crippen molar-refractivity contribution in [2.24, 2.45) is 5.92 Å².